The highest BCUT2D eigenvalue weighted by Crippen LogP contribution is 2.42. The van der Waals surface area contributed by atoms with Crippen LogP contribution in [0.1, 0.15) is 23.2 Å². The molecule has 1 unspecified atom stereocenters. The summed E-state index contributed by atoms with van der Waals surface area (Å²) in [5.74, 6) is -3.72. The van der Waals surface area contributed by atoms with E-state index in [1.165, 1.54) is 6.07 Å². The maximum atomic E-state index is 13.4. The van der Waals surface area contributed by atoms with Gasteiger partial charge in [-0.15, -0.1) is 0 Å². The SMILES string of the molecule is O=C(O)C1C(=O)c2ccc(F)c(Cl)c2N=C1C1CC1. The minimum absolute atomic E-state index is 0.00228. The second kappa shape index (κ2) is 4.13. The summed E-state index contributed by atoms with van der Waals surface area (Å²) < 4.78 is 13.4. The second-order valence-corrected chi connectivity index (χ2v) is 5.08. The van der Waals surface area contributed by atoms with Gasteiger partial charge in [0.15, 0.2) is 11.7 Å². The number of Topliss-reactive ketones (excluding diaryl/α,β-unsaturated/α-hetero) is 1. The fourth-order valence-electron chi connectivity index (χ4n) is 2.28. The van der Waals surface area contributed by atoms with Crippen molar-refractivity contribution in [3.63, 3.8) is 0 Å². The quantitative estimate of drug-likeness (QED) is 0.848. The number of aliphatic imine (C=N–C) groups is 1. The molecule has 4 nitrogen and oxygen atoms in total. The molecule has 0 amide bonds. The van der Waals surface area contributed by atoms with Gasteiger partial charge >= 0.3 is 5.97 Å². The molecule has 1 atom stereocenters. The molecule has 0 saturated heterocycles. The first kappa shape index (κ1) is 12.3. The van der Waals surface area contributed by atoms with E-state index in [9.17, 15) is 19.1 Å². The summed E-state index contributed by atoms with van der Waals surface area (Å²) >= 11 is 5.81. The zero-order chi connectivity index (χ0) is 13.7. The number of carbonyl (C=O) groups is 2. The third-order valence-electron chi connectivity index (χ3n) is 3.38. The number of carbonyl (C=O) groups excluding carboxylic acids is 1. The Kier molecular flexibility index (Phi) is 2.67. The van der Waals surface area contributed by atoms with Crippen molar-refractivity contribution < 1.29 is 19.1 Å². The van der Waals surface area contributed by atoms with Crippen LogP contribution in [-0.4, -0.2) is 22.6 Å². The predicted molar refractivity (Wildman–Crippen MR) is 66.7 cm³/mol. The highest BCUT2D eigenvalue weighted by Gasteiger charge is 2.44. The first-order chi connectivity index (χ1) is 9.00. The van der Waals surface area contributed by atoms with Gasteiger partial charge in [0, 0.05) is 11.3 Å². The van der Waals surface area contributed by atoms with Gasteiger partial charge < -0.3 is 5.11 Å². The van der Waals surface area contributed by atoms with Gasteiger partial charge in [-0.1, -0.05) is 11.6 Å². The number of rotatable bonds is 2. The van der Waals surface area contributed by atoms with Gasteiger partial charge in [-0.2, -0.15) is 0 Å². The van der Waals surface area contributed by atoms with Crippen molar-refractivity contribution in [2.24, 2.45) is 16.8 Å². The molecule has 1 aliphatic heterocycles. The molecule has 0 spiro atoms. The molecule has 0 bridgehead atoms. The fourth-order valence-corrected chi connectivity index (χ4v) is 2.48. The lowest BCUT2D eigenvalue weighted by Gasteiger charge is -2.21. The monoisotopic (exact) mass is 281 g/mol. The molecule has 1 aromatic carbocycles. The van der Waals surface area contributed by atoms with Crippen LogP contribution in [0.15, 0.2) is 17.1 Å². The Bertz CT molecular complexity index is 637. The molecule has 1 heterocycles. The Morgan fingerprint density at radius 3 is 2.68 bits per heavy atom. The molecule has 1 aromatic rings. The molecular weight excluding hydrogens is 273 g/mol. The minimum Gasteiger partial charge on any atom is -0.480 e. The normalized spacial score (nSPS) is 21.9. The molecule has 0 radical (unpaired) electrons. The fraction of sp³-hybridized carbons (Fsp3) is 0.308. The van der Waals surface area contributed by atoms with E-state index in [2.05, 4.69) is 4.99 Å². The summed E-state index contributed by atoms with van der Waals surface area (Å²) in [7, 11) is 0. The van der Waals surface area contributed by atoms with Crippen LogP contribution in [-0.2, 0) is 4.79 Å². The van der Waals surface area contributed by atoms with Crippen LogP contribution in [0.2, 0.25) is 5.02 Å². The van der Waals surface area contributed by atoms with Gasteiger partial charge in [0.2, 0.25) is 0 Å². The summed E-state index contributed by atoms with van der Waals surface area (Å²) in [6.07, 6.45) is 1.61. The molecule has 6 heteroatoms. The van der Waals surface area contributed by atoms with Crippen molar-refractivity contribution >= 4 is 34.8 Å². The molecule has 3 rings (SSSR count). The Balaban J connectivity index is 2.22. The number of hydrogen-bond donors (Lipinski definition) is 1. The van der Waals surface area contributed by atoms with Crippen molar-refractivity contribution in [1.29, 1.82) is 0 Å². The number of fused-ring (bicyclic) bond motifs is 1. The van der Waals surface area contributed by atoms with E-state index in [4.69, 9.17) is 11.6 Å². The van der Waals surface area contributed by atoms with Crippen molar-refractivity contribution in [3.8, 4) is 0 Å². The second-order valence-electron chi connectivity index (χ2n) is 4.70. The lowest BCUT2D eigenvalue weighted by Crippen LogP contribution is -2.35. The summed E-state index contributed by atoms with van der Waals surface area (Å²) in [5.41, 5.74) is 0.437. The highest BCUT2D eigenvalue weighted by molar-refractivity contribution is 6.36. The maximum Gasteiger partial charge on any atom is 0.320 e. The van der Waals surface area contributed by atoms with Crippen molar-refractivity contribution in [3.05, 3.63) is 28.5 Å². The number of halogens is 2. The van der Waals surface area contributed by atoms with Gasteiger partial charge in [0.1, 0.15) is 10.8 Å². The molecule has 19 heavy (non-hydrogen) atoms. The smallest absolute Gasteiger partial charge is 0.320 e. The summed E-state index contributed by atoms with van der Waals surface area (Å²) in [6, 6.07) is 2.29. The number of benzene rings is 1. The van der Waals surface area contributed by atoms with E-state index in [0.717, 1.165) is 18.9 Å². The lowest BCUT2D eigenvalue weighted by molar-refractivity contribution is -0.138. The van der Waals surface area contributed by atoms with E-state index in [1.807, 2.05) is 0 Å². The van der Waals surface area contributed by atoms with Gasteiger partial charge in [0.05, 0.1) is 5.69 Å². The number of aliphatic carboxylic acids is 1. The average Bonchev–Trinajstić information content (AvgIpc) is 3.17. The first-order valence-corrected chi connectivity index (χ1v) is 6.22. The molecule has 0 aromatic heterocycles. The van der Waals surface area contributed by atoms with E-state index >= 15 is 0 Å². The summed E-state index contributed by atoms with van der Waals surface area (Å²) in [6.45, 7) is 0. The molecule has 1 aliphatic carbocycles. The van der Waals surface area contributed by atoms with Gasteiger partial charge in [-0.3, -0.25) is 14.6 Å². The minimum atomic E-state index is -1.26. The zero-order valence-corrected chi connectivity index (χ0v) is 10.4. The summed E-state index contributed by atoms with van der Waals surface area (Å²) in [5, 5.41) is 8.97. The Labute approximate surface area is 112 Å². The predicted octanol–water partition coefficient (Wildman–Crippen LogP) is 2.86. The van der Waals surface area contributed by atoms with Crippen LogP contribution < -0.4 is 0 Å². The molecule has 1 fully saturated rings. The summed E-state index contributed by atoms with van der Waals surface area (Å²) in [4.78, 5) is 27.6. The van der Waals surface area contributed by atoms with Gasteiger partial charge in [-0.25, -0.2) is 4.39 Å². The highest BCUT2D eigenvalue weighted by atomic mass is 35.5. The van der Waals surface area contributed by atoms with Crippen LogP contribution in [0.5, 0.6) is 0 Å². The van der Waals surface area contributed by atoms with Crippen molar-refractivity contribution in [2.45, 2.75) is 12.8 Å². The average molecular weight is 282 g/mol. The topological polar surface area (TPSA) is 66.7 Å². The standard InChI is InChI=1S/C13H9ClFNO3/c14-9-7(15)4-3-6-11(9)16-10(5-1-2-5)8(12(6)17)13(18)19/h3-5,8H,1-2H2,(H,18,19). The first-order valence-electron chi connectivity index (χ1n) is 5.84. The van der Waals surface area contributed by atoms with Crippen molar-refractivity contribution in [2.75, 3.05) is 0 Å². The molecule has 1 saturated carbocycles. The Morgan fingerprint density at radius 1 is 1.42 bits per heavy atom. The number of carboxylic acid groups (broad SMARTS) is 1. The van der Waals surface area contributed by atoms with Crippen LogP contribution in [0.25, 0.3) is 0 Å². The number of ketones is 1. The van der Waals surface area contributed by atoms with E-state index in [1.54, 1.807) is 0 Å². The molecule has 1 N–H and O–H groups in total. The molecular formula is C13H9ClFNO3. The Hall–Kier alpha value is -1.75. The third-order valence-corrected chi connectivity index (χ3v) is 3.74. The van der Waals surface area contributed by atoms with E-state index < -0.39 is 23.5 Å². The van der Waals surface area contributed by atoms with Crippen LogP contribution >= 0.6 is 11.6 Å². The van der Waals surface area contributed by atoms with Crippen LogP contribution in [0, 0.1) is 17.7 Å². The maximum absolute atomic E-state index is 13.4. The zero-order valence-electron chi connectivity index (χ0n) is 9.69. The van der Waals surface area contributed by atoms with Gasteiger partial charge in [-0.05, 0) is 30.9 Å². The van der Waals surface area contributed by atoms with E-state index in [0.29, 0.717) is 5.71 Å². The van der Waals surface area contributed by atoms with Crippen LogP contribution in [0.4, 0.5) is 10.1 Å². The number of hydrogen-bond acceptors (Lipinski definition) is 3. The Morgan fingerprint density at radius 2 is 2.11 bits per heavy atom. The van der Waals surface area contributed by atoms with Crippen LogP contribution in [0.3, 0.4) is 0 Å². The third kappa shape index (κ3) is 1.85. The molecule has 98 valence electrons. The lowest BCUT2D eigenvalue weighted by atomic mass is 9.87. The number of nitrogens with zero attached hydrogens (tertiary/aromatic N) is 1. The largest absolute Gasteiger partial charge is 0.480 e. The molecule has 2 aliphatic rings. The number of carboxylic acids is 1. The van der Waals surface area contributed by atoms with Gasteiger partial charge in [0.25, 0.3) is 0 Å². The van der Waals surface area contributed by atoms with E-state index in [-0.39, 0.29) is 22.2 Å². The van der Waals surface area contributed by atoms with Crippen molar-refractivity contribution in [1.82, 2.24) is 0 Å².